The maximum Gasteiger partial charge on any atom is 0.0895 e. The number of piperidine rings is 1. The lowest BCUT2D eigenvalue weighted by molar-refractivity contribution is 0.115. The van der Waals surface area contributed by atoms with Crippen LogP contribution in [0.4, 0.5) is 0 Å². The van der Waals surface area contributed by atoms with Crippen LogP contribution in [0.2, 0.25) is 0 Å². The van der Waals surface area contributed by atoms with Crippen molar-refractivity contribution >= 4 is 11.5 Å². The molecule has 5 heteroatoms. The van der Waals surface area contributed by atoms with Gasteiger partial charge in [0, 0.05) is 25.1 Å². The summed E-state index contributed by atoms with van der Waals surface area (Å²) in [6.45, 7) is 3.31. The van der Waals surface area contributed by atoms with E-state index in [0.717, 1.165) is 31.7 Å². The van der Waals surface area contributed by atoms with Crippen molar-refractivity contribution in [3.05, 3.63) is 11.1 Å². The molecule has 2 rings (SSSR count). The quantitative estimate of drug-likeness (QED) is 0.804. The fraction of sp³-hybridized carbons (Fsp3) is 0.778. The predicted molar refractivity (Wildman–Crippen MR) is 55.0 cm³/mol. The van der Waals surface area contributed by atoms with Crippen molar-refractivity contribution < 1.29 is 5.11 Å². The van der Waals surface area contributed by atoms with Gasteiger partial charge in [-0.15, -0.1) is 5.10 Å². The number of aromatic nitrogens is 2. The van der Waals surface area contributed by atoms with Crippen molar-refractivity contribution in [3.8, 4) is 0 Å². The second-order valence-corrected chi connectivity index (χ2v) is 4.43. The van der Waals surface area contributed by atoms with Crippen LogP contribution < -0.4 is 0 Å². The molecule has 1 aliphatic rings. The summed E-state index contributed by atoms with van der Waals surface area (Å²) in [6, 6.07) is 0. The molecular formula is C9H15N3OS. The maximum atomic E-state index is 9.08. The summed E-state index contributed by atoms with van der Waals surface area (Å²) in [7, 11) is 0. The van der Waals surface area contributed by atoms with E-state index < -0.39 is 0 Å². The van der Waals surface area contributed by atoms with Crippen molar-refractivity contribution in [3.63, 3.8) is 0 Å². The van der Waals surface area contributed by atoms with E-state index in [1.807, 2.05) is 5.38 Å². The Kier molecular flexibility index (Phi) is 3.44. The molecule has 0 spiro atoms. The molecule has 1 unspecified atom stereocenters. The van der Waals surface area contributed by atoms with Crippen LogP contribution in [0.25, 0.3) is 0 Å². The lowest BCUT2D eigenvalue weighted by Gasteiger charge is -2.30. The molecule has 1 aromatic rings. The molecule has 1 saturated heterocycles. The van der Waals surface area contributed by atoms with Crippen molar-refractivity contribution in [1.29, 1.82) is 0 Å². The highest BCUT2D eigenvalue weighted by Gasteiger charge is 2.19. The maximum absolute atomic E-state index is 9.08. The van der Waals surface area contributed by atoms with Gasteiger partial charge in [-0.2, -0.15) is 0 Å². The zero-order valence-electron chi connectivity index (χ0n) is 8.09. The van der Waals surface area contributed by atoms with Crippen molar-refractivity contribution in [1.82, 2.24) is 14.5 Å². The van der Waals surface area contributed by atoms with Crippen LogP contribution in [0, 0.1) is 5.92 Å². The number of hydrogen-bond donors (Lipinski definition) is 1. The summed E-state index contributed by atoms with van der Waals surface area (Å²) in [4.78, 5) is 2.35. The molecular weight excluding hydrogens is 198 g/mol. The zero-order valence-corrected chi connectivity index (χ0v) is 8.91. The molecule has 0 saturated carbocycles. The molecule has 0 amide bonds. The van der Waals surface area contributed by atoms with Gasteiger partial charge >= 0.3 is 0 Å². The first-order chi connectivity index (χ1) is 6.88. The van der Waals surface area contributed by atoms with Gasteiger partial charge in [-0.25, -0.2) is 0 Å². The Hall–Kier alpha value is -0.520. The highest BCUT2D eigenvalue weighted by atomic mass is 32.1. The van der Waals surface area contributed by atoms with Gasteiger partial charge in [0.2, 0.25) is 0 Å². The van der Waals surface area contributed by atoms with Gasteiger partial charge in [-0.3, -0.25) is 4.90 Å². The third-order valence-electron chi connectivity index (χ3n) is 2.65. The smallest absolute Gasteiger partial charge is 0.0895 e. The first-order valence-electron chi connectivity index (χ1n) is 4.97. The Morgan fingerprint density at radius 3 is 3.29 bits per heavy atom. The van der Waals surface area contributed by atoms with Crippen molar-refractivity contribution in [2.75, 3.05) is 19.7 Å². The summed E-state index contributed by atoms with van der Waals surface area (Å²) in [6.07, 6.45) is 2.34. The molecule has 2 heterocycles. The minimum absolute atomic E-state index is 0.311. The van der Waals surface area contributed by atoms with Gasteiger partial charge < -0.3 is 5.11 Å². The van der Waals surface area contributed by atoms with Gasteiger partial charge in [0.25, 0.3) is 0 Å². The fourth-order valence-corrected chi connectivity index (χ4v) is 2.37. The second-order valence-electron chi connectivity index (χ2n) is 3.82. The Morgan fingerprint density at radius 1 is 1.64 bits per heavy atom. The molecule has 0 aromatic carbocycles. The number of likely N-dealkylation sites (tertiary alicyclic amines) is 1. The van der Waals surface area contributed by atoms with E-state index in [1.165, 1.54) is 18.0 Å². The van der Waals surface area contributed by atoms with Crippen LogP contribution in [0.1, 0.15) is 18.5 Å². The summed E-state index contributed by atoms with van der Waals surface area (Å²) in [5, 5.41) is 15.1. The topological polar surface area (TPSA) is 49.2 Å². The Labute approximate surface area is 87.7 Å². The van der Waals surface area contributed by atoms with Gasteiger partial charge in [0.05, 0.1) is 5.69 Å². The average Bonchev–Trinajstić information content (AvgIpc) is 2.71. The third-order valence-corrected chi connectivity index (χ3v) is 3.21. The molecule has 1 aromatic heterocycles. The van der Waals surface area contributed by atoms with Gasteiger partial charge in [0.15, 0.2) is 0 Å². The summed E-state index contributed by atoms with van der Waals surface area (Å²) < 4.78 is 3.84. The minimum Gasteiger partial charge on any atom is -0.396 e. The number of hydrogen-bond acceptors (Lipinski definition) is 5. The van der Waals surface area contributed by atoms with Crippen LogP contribution in [0.15, 0.2) is 5.38 Å². The SMILES string of the molecule is OCC1CCCN(Cc2csnn2)C1. The standard InChI is InChI=1S/C9H15N3OS/c13-6-8-2-1-3-12(4-8)5-9-7-14-11-10-9/h7-8,13H,1-6H2. The van der Waals surface area contributed by atoms with Gasteiger partial charge in [-0.1, -0.05) is 4.49 Å². The monoisotopic (exact) mass is 213 g/mol. The lowest BCUT2D eigenvalue weighted by Crippen LogP contribution is -2.36. The van der Waals surface area contributed by atoms with Crippen LogP contribution in [0.5, 0.6) is 0 Å². The second kappa shape index (κ2) is 4.82. The molecule has 0 bridgehead atoms. The molecule has 1 atom stereocenters. The van der Waals surface area contributed by atoms with E-state index in [-0.39, 0.29) is 0 Å². The van der Waals surface area contributed by atoms with Gasteiger partial charge in [-0.05, 0) is 36.8 Å². The normalized spacial score (nSPS) is 23.9. The van der Waals surface area contributed by atoms with Crippen LogP contribution in [0.3, 0.4) is 0 Å². The molecule has 1 aliphatic heterocycles. The molecule has 0 radical (unpaired) electrons. The zero-order chi connectivity index (χ0) is 9.80. The number of aliphatic hydroxyl groups is 1. The number of rotatable bonds is 3. The predicted octanol–water partition coefficient (Wildman–Crippen LogP) is 0.742. The number of aliphatic hydroxyl groups excluding tert-OH is 1. The van der Waals surface area contributed by atoms with E-state index in [1.54, 1.807) is 0 Å². The lowest BCUT2D eigenvalue weighted by atomic mass is 9.99. The van der Waals surface area contributed by atoms with Crippen LogP contribution in [-0.2, 0) is 6.54 Å². The minimum atomic E-state index is 0.311. The average molecular weight is 213 g/mol. The first-order valence-corrected chi connectivity index (χ1v) is 5.81. The van der Waals surface area contributed by atoms with E-state index in [2.05, 4.69) is 14.5 Å². The Balaban J connectivity index is 1.86. The summed E-state index contributed by atoms with van der Waals surface area (Å²) in [5.74, 6) is 0.454. The Morgan fingerprint density at radius 2 is 2.57 bits per heavy atom. The molecule has 78 valence electrons. The fourth-order valence-electron chi connectivity index (χ4n) is 1.93. The van der Waals surface area contributed by atoms with Crippen molar-refractivity contribution in [2.24, 2.45) is 5.92 Å². The van der Waals surface area contributed by atoms with Crippen LogP contribution in [-0.4, -0.2) is 39.3 Å². The molecule has 1 fully saturated rings. The molecule has 4 nitrogen and oxygen atoms in total. The van der Waals surface area contributed by atoms with E-state index in [4.69, 9.17) is 5.11 Å². The number of nitrogens with zero attached hydrogens (tertiary/aromatic N) is 3. The van der Waals surface area contributed by atoms with E-state index in [9.17, 15) is 0 Å². The van der Waals surface area contributed by atoms with Crippen LogP contribution >= 0.6 is 11.5 Å². The summed E-state index contributed by atoms with van der Waals surface area (Å²) in [5.41, 5.74) is 1.05. The van der Waals surface area contributed by atoms with E-state index in [0.29, 0.717) is 12.5 Å². The highest BCUT2D eigenvalue weighted by molar-refractivity contribution is 7.03. The highest BCUT2D eigenvalue weighted by Crippen LogP contribution is 2.17. The summed E-state index contributed by atoms with van der Waals surface area (Å²) >= 11 is 1.40. The molecule has 1 N–H and O–H groups in total. The molecule has 0 aliphatic carbocycles. The first kappa shape index (κ1) is 10.0. The van der Waals surface area contributed by atoms with E-state index >= 15 is 0 Å². The molecule has 14 heavy (non-hydrogen) atoms. The van der Waals surface area contributed by atoms with Crippen molar-refractivity contribution in [2.45, 2.75) is 19.4 Å². The Bertz CT molecular complexity index is 265. The largest absolute Gasteiger partial charge is 0.396 e. The third kappa shape index (κ3) is 2.50. The van der Waals surface area contributed by atoms with Gasteiger partial charge in [0.1, 0.15) is 0 Å².